The number of hydrogen-bond acceptors (Lipinski definition) is 2. The summed E-state index contributed by atoms with van der Waals surface area (Å²) in [4.78, 5) is 11.0. The monoisotopic (exact) mass is 237 g/mol. The standard InChI is InChI=1S/C15H11NO2/c16-15(17)18-14-11-7-3-6-9-8-4-1-2-5-10(8)13(14)12(9)11/h1-7,13-14H,(H2,16,17). The largest absolute Gasteiger partial charge is 0.440 e. The summed E-state index contributed by atoms with van der Waals surface area (Å²) in [6.45, 7) is 0. The topological polar surface area (TPSA) is 52.3 Å². The molecule has 2 aliphatic carbocycles. The van der Waals surface area contributed by atoms with Crippen LogP contribution in [0, 0.1) is 0 Å². The summed E-state index contributed by atoms with van der Waals surface area (Å²) in [5.74, 6) is 0.167. The molecule has 2 aromatic carbocycles. The number of primary amides is 1. The zero-order valence-electron chi connectivity index (χ0n) is 9.59. The molecule has 2 aromatic rings. The van der Waals surface area contributed by atoms with Crippen LogP contribution in [0.15, 0.2) is 42.5 Å². The first kappa shape index (κ1) is 9.71. The highest BCUT2D eigenvalue weighted by atomic mass is 16.6. The van der Waals surface area contributed by atoms with Crippen LogP contribution in [0.1, 0.15) is 28.7 Å². The van der Waals surface area contributed by atoms with Crippen LogP contribution in [-0.4, -0.2) is 6.09 Å². The van der Waals surface area contributed by atoms with Gasteiger partial charge in [-0.05, 0) is 27.8 Å². The first-order chi connectivity index (χ1) is 8.77. The predicted molar refractivity (Wildman–Crippen MR) is 67.1 cm³/mol. The molecule has 2 atom stereocenters. The third kappa shape index (κ3) is 1.02. The summed E-state index contributed by atoms with van der Waals surface area (Å²) < 4.78 is 5.25. The van der Waals surface area contributed by atoms with E-state index in [1.807, 2.05) is 24.3 Å². The van der Waals surface area contributed by atoms with Crippen molar-refractivity contribution in [2.75, 3.05) is 0 Å². The van der Waals surface area contributed by atoms with Crippen molar-refractivity contribution in [1.82, 2.24) is 0 Å². The number of carbonyl (C=O) groups is 1. The molecule has 4 rings (SSSR count). The molecule has 18 heavy (non-hydrogen) atoms. The van der Waals surface area contributed by atoms with Crippen LogP contribution < -0.4 is 5.73 Å². The minimum atomic E-state index is -0.708. The van der Waals surface area contributed by atoms with E-state index in [1.54, 1.807) is 0 Å². The Morgan fingerprint density at radius 2 is 1.72 bits per heavy atom. The predicted octanol–water partition coefficient (Wildman–Crippen LogP) is 2.95. The lowest BCUT2D eigenvalue weighted by Crippen LogP contribution is -2.29. The van der Waals surface area contributed by atoms with Crippen LogP contribution in [-0.2, 0) is 4.74 Å². The zero-order valence-corrected chi connectivity index (χ0v) is 9.59. The maximum atomic E-state index is 11.0. The van der Waals surface area contributed by atoms with Gasteiger partial charge in [0.15, 0.2) is 0 Å². The molecule has 1 amide bonds. The van der Waals surface area contributed by atoms with Crippen LogP contribution >= 0.6 is 0 Å². The van der Waals surface area contributed by atoms with E-state index in [2.05, 4.69) is 18.2 Å². The fourth-order valence-electron chi connectivity index (χ4n) is 3.24. The van der Waals surface area contributed by atoms with Crippen molar-refractivity contribution in [3.63, 3.8) is 0 Å². The minimum absolute atomic E-state index is 0.167. The Bertz CT molecular complexity index is 678. The van der Waals surface area contributed by atoms with Gasteiger partial charge in [0.05, 0.1) is 5.92 Å². The van der Waals surface area contributed by atoms with Gasteiger partial charge in [-0.3, -0.25) is 0 Å². The van der Waals surface area contributed by atoms with Crippen molar-refractivity contribution < 1.29 is 9.53 Å². The molecular formula is C15H11NO2. The first-order valence-electron chi connectivity index (χ1n) is 5.95. The molecule has 88 valence electrons. The van der Waals surface area contributed by atoms with Crippen LogP contribution in [0.4, 0.5) is 4.79 Å². The molecule has 2 N–H and O–H groups in total. The van der Waals surface area contributed by atoms with E-state index in [0.717, 1.165) is 5.56 Å². The van der Waals surface area contributed by atoms with Crippen molar-refractivity contribution in [3.8, 4) is 11.1 Å². The van der Waals surface area contributed by atoms with Gasteiger partial charge in [0.25, 0.3) is 0 Å². The Kier molecular flexibility index (Phi) is 1.69. The number of benzene rings is 2. The molecule has 0 radical (unpaired) electrons. The number of ether oxygens (including phenoxy) is 1. The number of hydrogen-bond donors (Lipinski definition) is 1. The Hall–Kier alpha value is -2.29. The normalized spacial score (nSPS) is 21.8. The van der Waals surface area contributed by atoms with Gasteiger partial charge in [0.2, 0.25) is 0 Å². The summed E-state index contributed by atoms with van der Waals surface area (Å²) in [6.07, 6.45) is -0.929. The molecule has 0 aliphatic heterocycles. The minimum Gasteiger partial charge on any atom is -0.440 e. The molecule has 0 saturated carbocycles. The Morgan fingerprint density at radius 1 is 1.00 bits per heavy atom. The van der Waals surface area contributed by atoms with Gasteiger partial charge < -0.3 is 10.5 Å². The number of nitrogens with two attached hydrogens (primary N) is 1. The van der Waals surface area contributed by atoms with Crippen molar-refractivity contribution in [2.45, 2.75) is 12.0 Å². The van der Waals surface area contributed by atoms with E-state index in [0.29, 0.717) is 0 Å². The van der Waals surface area contributed by atoms with Gasteiger partial charge in [0.1, 0.15) is 6.10 Å². The third-order valence-electron chi connectivity index (χ3n) is 3.89. The van der Waals surface area contributed by atoms with E-state index < -0.39 is 6.09 Å². The molecule has 0 spiro atoms. The van der Waals surface area contributed by atoms with Crippen molar-refractivity contribution in [2.24, 2.45) is 5.73 Å². The molecule has 3 heteroatoms. The van der Waals surface area contributed by atoms with Gasteiger partial charge >= 0.3 is 6.09 Å². The van der Waals surface area contributed by atoms with Gasteiger partial charge in [-0.1, -0.05) is 42.5 Å². The van der Waals surface area contributed by atoms with Crippen LogP contribution in [0.2, 0.25) is 0 Å². The average Bonchev–Trinajstić information content (AvgIpc) is 2.68. The summed E-state index contributed by atoms with van der Waals surface area (Å²) in [5, 5.41) is 0. The Morgan fingerprint density at radius 3 is 2.56 bits per heavy atom. The van der Waals surface area contributed by atoms with Gasteiger partial charge in [-0.25, -0.2) is 4.79 Å². The second kappa shape index (κ2) is 3.13. The summed E-state index contributed by atoms with van der Waals surface area (Å²) >= 11 is 0. The molecule has 0 fully saturated rings. The third-order valence-corrected chi connectivity index (χ3v) is 3.89. The smallest absolute Gasteiger partial charge is 0.405 e. The highest BCUT2D eigenvalue weighted by molar-refractivity contribution is 5.84. The molecule has 2 unspecified atom stereocenters. The lowest BCUT2D eigenvalue weighted by atomic mass is 9.74. The van der Waals surface area contributed by atoms with E-state index in [4.69, 9.17) is 10.5 Å². The highest BCUT2D eigenvalue weighted by Gasteiger charge is 2.47. The molecule has 3 nitrogen and oxygen atoms in total. The molecule has 0 bridgehead atoms. The van der Waals surface area contributed by atoms with Gasteiger partial charge in [0, 0.05) is 0 Å². The van der Waals surface area contributed by atoms with Crippen LogP contribution in [0.3, 0.4) is 0 Å². The van der Waals surface area contributed by atoms with E-state index in [-0.39, 0.29) is 12.0 Å². The van der Waals surface area contributed by atoms with Crippen LogP contribution in [0.25, 0.3) is 11.1 Å². The summed E-state index contributed by atoms with van der Waals surface area (Å²) in [6, 6.07) is 14.4. The number of rotatable bonds is 1. The molecule has 0 saturated heterocycles. The van der Waals surface area contributed by atoms with E-state index >= 15 is 0 Å². The Labute approximate surface area is 104 Å². The lowest BCUT2D eigenvalue weighted by molar-refractivity contribution is 0.0824. The average molecular weight is 237 g/mol. The maximum absolute atomic E-state index is 11.0. The summed E-state index contributed by atoms with van der Waals surface area (Å²) in [5.41, 5.74) is 11.3. The van der Waals surface area contributed by atoms with Crippen LogP contribution in [0.5, 0.6) is 0 Å². The summed E-state index contributed by atoms with van der Waals surface area (Å²) in [7, 11) is 0. The van der Waals surface area contributed by atoms with E-state index in [9.17, 15) is 4.79 Å². The second-order valence-electron chi connectivity index (χ2n) is 4.73. The SMILES string of the molecule is NC(=O)OC1c2cccc3c2C1c1ccccc1-3. The molecule has 0 heterocycles. The number of fused-ring (bicyclic) bond motifs is 3. The fraction of sp³-hybridized carbons (Fsp3) is 0.133. The van der Waals surface area contributed by atoms with Gasteiger partial charge in [-0.15, -0.1) is 0 Å². The Balaban J connectivity index is 1.93. The van der Waals surface area contributed by atoms with Gasteiger partial charge in [-0.2, -0.15) is 0 Å². The second-order valence-corrected chi connectivity index (χ2v) is 4.73. The lowest BCUT2D eigenvalue weighted by Gasteiger charge is -2.36. The fourth-order valence-corrected chi connectivity index (χ4v) is 3.24. The van der Waals surface area contributed by atoms with Crippen molar-refractivity contribution in [1.29, 1.82) is 0 Å². The van der Waals surface area contributed by atoms with Crippen molar-refractivity contribution in [3.05, 3.63) is 59.2 Å². The maximum Gasteiger partial charge on any atom is 0.405 e. The van der Waals surface area contributed by atoms with Crippen molar-refractivity contribution >= 4 is 6.09 Å². The molecule has 0 aromatic heterocycles. The first-order valence-corrected chi connectivity index (χ1v) is 5.95. The molecular weight excluding hydrogens is 226 g/mol. The number of amides is 1. The van der Waals surface area contributed by atoms with E-state index in [1.165, 1.54) is 22.3 Å². The highest BCUT2D eigenvalue weighted by Crippen LogP contribution is 2.60. The quantitative estimate of drug-likeness (QED) is 0.829. The zero-order chi connectivity index (χ0) is 12.3. The molecule has 2 aliphatic rings. The number of carbonyl (C=O) groups excluding carboxylic acids is 1.